The lowest BCUT2D eigenvalue weighted by Gasteiger charge is -2.22. The Morgan fingerprint density at radius 3 is 2.77 bits per heavy atom. The van der Waals surface area contributed by atoms with E-state index in [1.165, 1.54) is 0 Å². The molecule has 1 amide bonds. The van der Waals surface area contributed by atoms with E-state index in [2.05, 4.69) is 9.97 Å². The molecule has 2 aromatic carbocycles. The van der Waals surface area contributed by atoms with E-state index in [1.807, 2.05) is 25.1 Å². The summed E-state index contributed by atoms with van der Waals surface area (Å²) in [5, 5.41) is 0.984. The van der Waals surface area contributed by atoms with Gasteiger partial charge in [0.15, 0.2) is 11.5 Å². The molecule has 3 aromatic rings. The normalized spacial score (nSPS) is 12.7. The molecular weight excluding hydrogens is 418 g/mol. The number of nitrogens with zero attached hydrogens (tertiary/aromatic N) is 2. The minimum Gasteiger partial charge on any atom is -0.486 e. The van der Waals surface area contributed by atoms with Crippen molar-refractivity contribution < 1.29 is 14.3 Å². The van der Waals surface area contributed by atoms with Crippen LogP contribution in [0.2, 0.25) is 5.02 Å². The van der Waals surface area contributed by atoms with E-state index in [9.17, 15) is 9.59 Å². The SMILES string of the molecule is CCCN(Cc1nc2cc(Cl)ccc2c(=O)[nH]1)C(=O)CCc1ccc2c(c1)OCCO2. The molecule has 1 aliphatic rings. The second kappa shape index (κ2) is 9.39. The highest BCUT2D eigenvalue weighted by atomic mass is 35.5. The predicted molar refractivity (Wildman–Crippen MR) is 119 cm³/mol. The van der Waals surface area contributed by atoms with Crippen LogP contribution >= 0.6 is 11.6 Å². The molecular formula is C23H24ClN3O4. The van der Waals surface area contributed by atoms with Gasteiger partial charge < -0.3 is 19.4 Å². The Labute approximate surface area is 185 Å². The fourth-order valence-electron chi connectivity index (χ4n) is 3.63. The highest BCUT2D eigenvalue weighted by molar-refractivity contribution is 6.31. The van der Waals surface area contributed by atoms with Crippen molar-refractivity contribution in [2.75, 3.05) is 19.8 Å². The zero-order chi connectivity index (χ0) is 21.8. The number of nitrogens with one attached hydrogen (secondary N) is 1. The van der Waals surface area contributed by atoms with Crippen LogP contribution in [-0.4, -0.2) is 40.5 Å². The number of halogens is 1. The molecule has 1 aliphatic heterocycles. The van der Waals surface area contributed by atoms with E-state index >= 15 is 0 Å². The van der Waals surface area contributed by atoms with Crippen molar-refractivity contribution in [3.63, 3.8) is 0 Å². The number of aryl methyl sites for hydroxylation is 1. The molecule has 4 rings (SSSR count). The van der Waals surface area contributed by atoms with Crippen LogP contribution in [0.4, 0.5) is 0 Å². The number of hydrogen-bond donors (Lipinski definition) is 1. The van der Waals surface area contributed by atoms with Crippen molar-refractivity contribution in [3.05, 3.63) is 63.2 Å². The fraction of sp³-hybridized carbons (Fsp3) is 0.348. The molecule has 1 N–H and O–H groups in total. The maximum absolute atomic E-state index is 12.9. The molecule has 0 spiro atoms. The van der Waals surface area contributed by atoms with E-state index in [1.54, 1.807) is 23.1 Å². The van der Waals surface area contributed by atoms with Gasteiger partial charge in [0.2, 0.25) is 5.91 Å². The standard InChI is InChI=1S/C23H24ClN3O4/c1-2-9-27(14-21-25-18-13-16(24)5-6-17(18)23(29)26-21)22(28)8-4-15-3-7-19-20(12-15)31-11-10-30-19/h3,5-7,12-13H,2,4,8-11,14H2,1H3,(H,25,26,29). The molecule has 0 atom stereocenters. The molecule has 0 unspecified atom stereocenters. The number of benzene rings is 2. The van der Waals surface area contributed by atoms with E-state index in [0.29, 0.717) is 54.4 Å². The number of rotatable bonds is 7. The average molecular weight is 442 g/mol. The van der Waals surface area contributed by atoms with Gasteiger partial charge >= 0.3 is 0 Å². The average Bonchev–Trinajstić information content (AvgIpc) is 2.76. The highest BCUT2D eigenvalue weighted by Crippen LogP contribution is 2.31. The summed E-state index contributed by atoms with van der Waals surface area (Å²) in [6, 6.07) is 10.7. The third kappa shape index (κ3) is 4.99. The summed E-state index contributed by atoms with van der Waals surface area (Å²) >= 11 is 6.04. The molecule has 7 nitrogen and oxygen atoms in total. The molecule has 0 saturated heterocycles. The van der Waals surface area contributed by atoms with Crippen molar-refractivity contribution in [2.24, 2.45) is 0 Å². The Balaban J connectivity index is 1.46. The van der Waals surface area contributed by atoms with Gasteiger partial charge in [-0.05, 0) is 48.7 Å². The van der Waals surface area contributed by atoms with Gasteiger partial charge in [-0.25, -0.2) is 4.98 Å². The van der Waals surface area contributed by atoms with Crippen LogP contribution in [0.5, 0.6) is 11.5 Å². The molecule has 1 aromatic heterocycles. The third-order valence-electron chi connectivity index (χ3n) is 5.14. The van der Waals surface area contributed by atoms with Gasteiger partial charge in [-0.1, -0.05) is 24.6 Å². The summed E-state index contributed by atoms with van der Waals surface area (Å²) in [6.07, 6.45) is 1.75. The minimum absolute atomic E-state index is 0.00517. The van der Waals surface area contributed by atoms with Gasteiger partial charge in [0, 0.05) is 18.0 Å². The second-order valence-corrected chi connectivity index (χ2v) is 7.90. The van der Waals surface area contributed by atoms with Crippen LogP contribution in [0.25, 0.3) is 10.9 Å². The van der Waals surface area contributed by atoms with E-state index in [-0.39, 0.29) is 18.0 Å². The fourth-order valence-corrected chi connectivity index (χ4v) is 3.80. The number of aromatic nitrogens is 2. The number of fused-ring (bicyclic) bond motifs is 2. The number of hydrogen-bond acceptors (Lipinski definition) is 5. The molecule has 8 heteroatoms. The van der Waals surface area contributed by atoms with Gasteiger partial charge in [0.05, 0.1) is 17.4 Å². The van der Waals surface area contributed by atoms with Crippen molar-refractivity contribution in [1.29, 1.82) is 0 Å². The summed E-state index contributed by atoms with van der Waals surface area (Å²) in [6.45, 7) is 3.91. The third-order valence-corrected chi connectivity index (χ3v) is 5.37. The molecule has 0 fully saturated rings. The van der Waals surface area contributed by atoms with Crippen LogP contribution < -0.4 is 15.0 Å². The van der Waals surface area contributed by atoms with E-state index in [4.69, 9.17) is 21.1 Å². The first-order valence-corrected chi connectivity index (χ1v) is 10.8. The number of amides is 1. The van der Waals surface area contributed by atoms with Gasteiger partial charge in [0.1, 0.15) is 19.0 Å². The van der Waals surface area contributed by atoms with E-state index < -0.39 is 0 Å². The van der Waals surface area contributed by atoms with Crippen LogP contribution in [0.1, 0.15) is 31.2 Å². The Kier molecular flexibility index (Phi) is 6.42. The number of H-pyrrole nitrogens is 1. The topological polar surface area (TPSA) is 84.5 Å². The highest BCUT2D eigenvalue weighted by Gasteiger charge is 2.17. The monoisotopic (exact) mass is 441 g/mol. The lowest BCUT2D eigenvalue weighted by Crippen LogP contribution is -2.33. The molecule has 0 bridgehead atoms. The van der Waals surface area contributed by atoms with Gasteiger partial charge in [-0.2, -0.15) is 0 Å². The quantitative estimate of drug-likeness (QED) is 0.604. The molecule has 0 radical (unpaired) electrons. The summed E-state index contributed by atoms with van der Waals surface area (Å²) in [4.78, 5) is 34.3. The van der Waals surface area contributed by atoms with Crippen LogP contribution in [-0.2, 0) is 17.8 Å². The maximum Gasteiger partial charge on any atom is 0.258 e. The summed E-state index contributed by atoms with van der Waals surface area (Å²) in [5.41, 5.74) is 1.30. The molecule has 2 heterocycles. The number of aromatic amines is 1. The van der Waals surface area contributed by atoms with Gasteiger partial charge in [-0.15, -0.1) is 0 Å². The first-order chi connectivity index (χ1) is 15.0. The van der Waals surface area contributed by atoms with Crippen molar-refractivity contribution in [1.82, 2.24) is 14.9 Å². The van der Waals surface area contributed by atoms with Crippen molar-refractivity contribution >= 4 is 28.4 Å². The van der Waals surface area contributed by atoms with Crippen LogP contribution in [0.3, 0.4) is 0 Å². The molecule has 162 valence electrons. The second-order valence-electron chi connectivity index (χ2n) is 7.47. The number of carbonyl (C=O) groups is 1. The summed E-state index contributed by atoms with van der Waals surface area (Å²) < 4.78 is 11.2. The maximum atomic E-state index is 12.9. The molecule has 31 heavy (non-hydrogen) atoms. The lowest BCUT2D eigenvalue weighted by molar-refractivity contribution is -0.131. The first kappa shape index (κ1) is 21.2. The van der Waals surface area contributed by atoms with Gasteiger partial charge in [-0.3, -0.25) is 9.59 Å². The van der Waals surface area contributed by atoms with E-state index in [0.717, 1.165) is 23.5 Å². The largest absolute Gasteiger partial charge is 0.486 e. The smallest absolute Gasteiger partial charge is 0.258 e. The first-order valence-electron chi connectivity index (χ1n) is 10.4. The molecule has 0 aliphatic carbocycles. The Bertz CT molecular complexity index is 1160. The number of ether oxygens (including phenoxy) is 2. The zero-order valence-corrected chi connectivity index (χ0v) is 18.1. The Morgan fingerprint density at radius 2 is 1.97 bits per heavy atom. The summed E-state index contributed by atoms with van der Waals surface area (Å²) in [7, 11) is 0. The van der Waals surface area contributed by atoms with Crippen molar-refractivity contribution in [2.45, 2.75) is 32.7 Å². The number of carbonyl (C=O) groups excluding carboxylic acids is 1. The van der Waals surface area contributed by atoms with Crippen LogP contribution in [0, 0.1) is 0 Å². The van der Waals surface area contributed by atoms with Gasteiger partial charge in [0.25, 0.3) is 5.56 Å². The van der Waals surface area contributed by atoms with Crippen molar-refractivity contribution in [3.8, 4) is 11.5 Å². The molecule has 0 saturated carbocycles. The zero-order valence-electron chi connectivity index (χ0n) is 17.3. The minimum atomic E-state index is -0.239. The summed E-state index contributed by atoms with van der Waals surface area (Å²) in [5.74, 6) is 1.91. The van der Waals surface area contributed by atoms with Crippen LogP contribution in [0.15, 0.2) is 41.2 Å². The predicted octanol–water partition coefficient (Wildman–Crippen LogP) is 3.72. The Hall–Kier alpha value is -3.06. The lowest BCUT2D eigenvalue weighted by atomic mass is 10.1. The Morgan fingerprint density at radius 1 is 1.16 bits per heavy atom.